The molecule has 2 aliphatic heterocycles. The molecule has 28 heavy (non-hydrogen) atoms. The molecule has 0 N–H and O–H groups in total. The third kappa shape index (κ3) is 3.77. The third-order valence-electron chi connectivity index (χ3n) is 4.93. The smallest absolute Gasteiger partial charge is 0.243 e. The average molecular weight is 425 g/mol. The second-order valence-electron chi connectivity index (χ2n) is 6.66. The number of fused-ring (bicyclic) bond motifs is 1. The second kappa shape index (κ2) is 7.79. The van der Waals surface area contributed by atoms with Crippen molar-refractivity contribution in [2.24, 2.45) is 0 Å². The number of benzene rings is 2. The first-order valence-electron chi connectivity index (χ1n) is 8.92. The van der Waals surface area contributed by atoms with Crippen molar-refractivity contribution < 1.29 is 22.6 Å². The molecule has 0 saturated carbocycles. The zero-order chi connectivity index (χ0) is 19.7. The van der Waals surface area contributed by atoms with Crippen molar-refractivity contribution >= 4 is 21.6 Å². The second-order valence-corrected chi connectivity index (χ2v) is 9.01. The summed E-state index contributed by atoms with van der Waals surface area (Å²) in [5, 5.41) is 0.384. The molecule has 0 unspecified atom stereocenters. The maximum atomic E-state index is 12.9. The van der Waals surface area contributed by atoms with Crippen LogP contribution in [0.4, 0.5) is 0 Å². The van der Waals surface area contributed by atoms with Crippen LogP contribution in [-0.4, -0.2) is 57.7 Å². The van der Waals surface area contributed by atoms with Gasteiger partial charge < -0.3 is 14.2 Å². The molecule has 2 aromatic carbocycles. The van der Waals surface area contributed by atoms with Gasteiger partial charge >= 0.3 is 0 Å². The van der Waals surface area contributed by atoms with Crippen LogP contribution < -0.4 is 14.2 Å². The predicted molar refractivity (Wildman–Crippen MR) is 105 cm³/mol. The van der Waals surface area contributed by atoms with Crippen LogP contribution in [0.15, 0.2) is 41.3 Å². The number of piperazine rings is 1. The number of hydrogen-bond acceptors (Lipinski definition) is 6. The number of nitrogens with zero attached hydrogens (tertiary/aromatic N) is 2. The van der Waals surface area contributed by atoms with Gasteiger partial charge in [0, 0.05) is 38.8 Å². The standard InChI is InChI=1S/C19H21ClN2O5S/c1-25-18-11-15(3-4-16(18)20)28(23,24)22-8-6-21(7-9-22)12-14-2-5-17-19(10-14)27-13-26-17/h2-5,10-11H,6-9,12-13H2,1H3. The molecule has 2 aromatic rings. The summed E-state index contributed by atoms with van der Waals surface area (Å²) in [6.45, 7) is 3.15. The quantitative estimate of drug-likeness (QED) is 0.734. The van der Waals surface area contributed by atoms with Gasteiger partial charge in [-0.15, -0.1) is 0 Å². The van der Waals surface area contributed by atoms with Crippen molar-refractivity contribution in [2.45, 2.75) is 11.4 Å². The maximum Gasteiger partial charge on any atom is 0.243 e. The summed E-state index contributed by atoms with van der Waals surface area (Å²) in [6, 6.07) is 10.4. The van der Waals surface area contributed by atoms with E-state index < -0.39 is 10.0 Å². The minimum Gasteiger partial charge on any atom is -0.495 e. The molecule has 2 aliphatic rings. The number of ether oxygens (including phenoxy) is 3. The molecule has 1 fully saturated rings. The Bertz CT molecular complexity index is 974. The van der Waals surface area contributed by atoms with Gasteiger partial charge in [-0.05, 0) is 29.8 Å². The zero-order valence-electron chi connectivity index (χ0n) is 15.4. The highest BCUT2D eigenvalue weighted by molar-refractivity contribution is 7.89. The lowest BCUT2D eigenvalue weighted by Gasteiger charge is -2.34. The molecule has 9 heteroatoms. The average Bonchev–Trinajstić information content (AvgIpc) is 3.16. The van der Waals surface area contributed by atoms with Gasteiger partial charge in [0.2, 0.25) is 16.8 Å². The van der Waals surface area contributed by atoms with Gasteiger partial charge in [-0.25, -0.2) is 8.42 Å². The molecule has 0 aromatic heterocycles. The van der Waals surface area contributed by atoms with E-state index in [1.54, 1.807) is 6.07 Å². The van der Waals surface area contributed by atoms with Crippen LogP contribution in [0.5, 0.6) is 17.2 Å². The molecule has 0 aliphatic carbocycles. The molecular weight excluding hydrogens is 404 g/mol. The Kier molecular flexibility index (Phi) is 5.37. The molecule has 1 saturated heterocycles. The summed E-state index contributed by atoms with van der Waals surface area (Å²) in [4.78, 5) is 2.42. The van der Waals surface area contributed by atoms with Crippen molar-refractivity contribution in [3.8, 4) is 17.2 Å². The highest BCUT2D eigenvalue weighted by Crippen LogP contribution is 2.33. The first-order chi connectivity index (χ1) is 13.5. The van der Waals surface area contributed by atoms with E-state index in [2.05, 4.69) is 4.90 Å². The minimum atomic E-state index is -3.58. The Morgan fingerprint density at radius 2 is 1.79 bits per heavy atom. The van der Waals surface area contributed by atoms with E-state index in [0.29, 0.717) is 37.0 Å². The number of sulfonamides is 1. The Labute approximate surface area is 169 Å². The number of halogens is 1. The third-order valence-corrected chi connectivity index (χ3v) is 7.14. The SMILES string of the molecule is COc1cc(S(=O)(=O)N2CCN(Cc3ccc4c(c3)OCO4)CC2)ccc1Cl. The normalized spacial score (nSPS) is 17.6. The largest absolute Gasteiger partial charge is 0.495 e. The van der Waals surface area contributed by atoms with Crippen molar-refractivity contribution in [1.29, 1.82) is 0 Å². The maximum absolute atomic E-state index is 12.9. The zero-order valence-corrected chi connectivity index (χ0v) is 17.0. The lowest BCUT2D eigenvalue weighted by atomic mass is 10.2. The van der Waals surface area contributed by atoms with Gasteiger partial charge in [0.15, 0.2) is 11.5 Å². The van der Waals surface area contributed by atoms with Gasteiger partial charge in [0.1, 0.15) is 5.75 Å². The molecule has 150 valence electrons. The first-order valence-corrected chi connectivity index (χ1v) is 10.7. The summed E-state index contributed by atoms with van der Waals surface area (Å²) >= 11 is 6.01. The monoisotopic (exact) mass is 424 g/mol. The molecule has 0 amide bonds. The summed E-state index contributed by atoms with van der Waals surface area (Å²) in [5.74, 6) is 1.87. The van der Waals surface area contributed by atoms with Gasteiger partial charge in [-0.3, -0.25) is 4.90 Å². The minimum absolute atomic E-state index is 0.193. The summed E-state index contributed by atoms with van der Waals surface area (Å²) in [7, 11) is -2.12. The van der Waals surface area contributed by atoms with Crippen molar-refractivity contribution in [3.63, 3.8) is 0 Å². The van der Waals surface area contributed by atoms with Crippen molar-refractivity contribution in [3.05, 3.63) is 47.0 Å². The molecule has 0 atom stereocenters. The Hall–Kier alpha value is -2.00. The van der Waals surface area contributed by atoms with Crippen LogP contribution in [0.3, 0.4) is 0 Å². The van der Waals surface area contributed by atoms with Crippen molar-refractivity contribution in [1.82, 2.24) is 9.21 Å². The van der Waals surface area contributed by atoms with E-state index in [4.69, 9.17) is 25.8 Å². The van der Waals surface area contributed by atoms with Gasteiger partial charge in [-0.2, -0.15) is 4.31 Å². The fraction of sp³-hybridized carbons (Fsp3) is 0.368. The summed E-state index contributed by atoms with van der Waals surface area (Å²) < 4.78 is 43.3. The van der Waals surface area contributed by atoms with Crippen LogP contribution in [0.1, 0.15) is 5.56 Å². The number of methoxy groups -OCH3 is 1. The van der Waals surface area contributed by atoms with Gasteiger partial charge in [0.25, 0.3) is 0 Å². The van der Waals surface area contributed by atoms with Gasteiger partial charge in [0.05, 0.1) is 17.0 Å². The molecule has 0 bridgehead atoms. The highest BCUT2D eigenvalue weighted by Gasteiger charge is 2.29. The molecular formula is C19H21ClN2O5S. The van der Waals surface area contributed by atoms with E-state index in [9.17, 15) is 8.42 Å². The Morgan fingerprint density at radius 3 is 2.54 bits per heavy atom. The van der Waals surface area contributed by atoms with E-state index in [-0.39, 0.29) is 11.7 Å². The van der Waals surface area contributed by atoms with Gasteiger partial charge in [-0.1, -0.05) is 17.7 Å². The molecule has 4 rings (SSSR count). The molecule has 0 radical (unpaired) electrons. The molecule has 2 heterocycles. The van der Waals surface area contributed by atoms with E-state index >= 15 is 0 Å². The van der Waals surface area contributed by atoms with Crippen LogP contribution >= 0.6 is 11.6 Å². The molecule has 7 nitrogen and oxygen atoms in total. The summed E-state index contributed by atoms with van der Waals surface area (Å²) in [5.41, 5.74) is 1.11. The topological polar surface area (TPSA) is 68.3 Å². The van der Waals surface area contributed by atoms with E-state index in [0.717, 1.165) is 23.6 Å². The van der Waals surface area contributed by atoms with E-state index in [1.165, 1.54) is 23.5 Å². The van der Waals surface area contributed by atoms with E-state index in [1.807, 2.05) is 18.2 Å². The Balaban J connectivity index is 1.40. The Morgan fingerprint density at radius 1 is 1.04 bits per heavy atom. The van der Waals surface area contributed by atoms with Crippen LogP contribution in [0.25, 0.3) is 0 Å². The lowest BCUT2D eigenvalue weighted by Crippen LogP contribution is -2.48. The van der Waals surface area contributed by atoms with Crippen molar-refractivity contribution in [2.75, 3.05) is 40.1 Å². The first kappa shape index (κ1) is 19.3. The van der Waals surface area contributed by atoms with Crippen LogP contribution in [0, 0.1) is 0 Å². The fourth-order valence-electron chi connectivity index (χ4n) is 3.38. The number of hydrogen-bond donors (Lipinski definition) is 0. The highest BCUT2D eigenvalue weighted by atomic mass is 35.5. The van der Waals surface area contributed by atoms with Crippen LogP contribution in [-0.2, 0) is 16.6 Å². The van der Waals surface area contributed by atoms with Crippen LogP contribution in [0.2, 0.25) is 5.02 Å². The number of rotatable bonds is 5. The lowest BCUT2D eigenvalue weighted by molar-refractivity contribution is 0.173. The summed E-state index contributed by atoms with van der Waals surface area (Å²) in [6.07, 6.45) is 0. The predicted octanol–water partition coefficient (Wildman–Crippen LogP) is 2.58. The molecule has 0 spiro atoms. The fourth-order valence-corrected chi connectivity index (χ4v) is 5.01.